The molecule has 0 amide bonds. The lowest BCUT2D eigenvalue weighted by molar-refractivity contribution is 0.107. The maximum absolute atomic E-state index is 14.4. The summed E-state index contributed by atoms with van der Waals surface area (Å²) in [7, 11) is 0. The van der Waals surface area contributed by atoms with Crippen LogP contribution in [0, 0.1) is 13.8 Å². The fourth-order valence-corrected chi connectivity index (χ4v) is 7.21. The average Bonchev–Trinajstić information content (AvgIpc) is 3.55. The second-order valence-electron chi connectivity index (χ2n) is 11.6. The van der Waals surface area contributed by atoms with Crippen LogP contribution in [-0.4, -0.2) is 69.6 Å². The second kappa shape index (κ2) is 10.00. The first-order valence-corrected chi connectivity index (χ1v) is 14.7. The van der Waals surface area contributed by atoms with Crippen LogP contribution in [0.25, 0.3) is 32.9 Å². The molecule has 1 N–H and O–H groups in total. The maximum Gasteiger partial charge on any atom is 0.319 e. The molecule has 2 atom stereocenters. The number of fused-ring (bicyclic) bond motifs is 3. The van der Waals surface area contributed by atoms with Gasteiger partial charge >= 0.3 is 6.01 Å². The number of aromatic amines is 1. The Labute approximate surface area is 238 Å². The first-order chi connectivity index (χ1) is 19.4. The van der Waals surface area contributed by atoms with E-state index in [1.54, 1.807) is 0 Å². The molecule has 2 aromatic carbocycles. The molecular weight excluding hydrogens is 527 g/mol. The standard InChI is InChI=1S/C31H34ClFN6O/c1-19-12-27-24(16-34-37-27)28(20(19)2)22-14-26-23(13-25(22)32)29(38-9-5-3-4-6-10-38)36-30(35-26)40-18-31-8-7-11-39(31)17-21(33)15-31/h3-4,12-14,16,21H,5-11,15,17-18H2,1-2H3,(H,34,37). The zero-order chi connectivity index (χ0) is 27.4. The normalized spacial score (nSPS) is 23.3. The number of aryl methyl sites for hydroxylation is 1. The van der Waals surface area contributed by atoms with Crippen LogP contribution < -0.4 is 9.64 Å². The smallest absolute Gasteiger partial charge is 0.319 e. The molecule has 2 saturated heterocycles. The Morgan fingerprint density at radius 3 is 2.75 bits per heavy atom. The minimum atomic E-state index is -0.802. The van der Waals surface area contributed by atoms with Crippen LogP contribution in [-0.2, 0) is 0 Å². The molecule has 40 heavy (non-hydrogen) atoms. The van der Waals surface area contributed by atoms with Gasteiger partial charge in [-0.05, 0) is 81.0 Å². The SMILES string of the molecule is Cc1cc2[nH]ncc2c(-c2cc3nc(OCC45CCCN4CC(F)C5)nc(N4CCC=CCC4)c3cc2Cl)c1C. The molecule has 2 unspecified atom stereocenters. The van der Waals surface area contributed by atoms with E-state index in [9.17, 15) is 4.39 Å². The van der Waals surface area contributed by atoms with E-state index in [0.29, 0.717) is 30.6 Å². The van der Waals surface area contributed by atoms with Crippen molar-refractivity contribution in [3.05, 3.63) is 52.7 Å². The molecule has 0 aliphatic carbocycles. The minimum Gasteiger partial charge on any atom is -0.461 e. The minimum absolute atomic E-state index is 0.263. The number of hydrogen-bond acceptors (Lipinski definition) is 6. The summed E-state index contributed by atoms with van der Waals surface area (Å²) in [6.07, 6.45) is 9.93. The fourth-order valence-electron chi connectivity index (χ4n) is 6.95. The quantitative estimate of drug-likeness (QED) is 0.279. The molecule has 5 heterocycles. The van der Waals surface area contributed by atoms with Crippen molar-refractivity contribution < 1.29 is 9.13 Å². The molecule has 0 radical (unpaired) electrons. The second-order valence-corrected chi connectivity index (χ2v) is 12.0. The highest BCUT2D eigenvalue weighted by Crippen LogP contribution is 2.42. The molecule has 7 rings (SSSR count). The summed E-state index contributed by atoms with van der Waals surface area (Å²) in [5, 5.41) is 9.98. The Bertz CT molecular complexity index is 1630. The van der Waals surface area contributed by atoms with Gasteiger partial charge < -0.3 is 9.64 Å². The predicted molar refractivity (Wildman–Crippen MR) is 158 cm³/mol. The summed E-state index contributed by atoms with van der Waals surface area (Å²) in [6, 6.07) is 6.52. The Balaban J connectivity index is 1.35. The van der Waals surface area contributed by atoms with E-state index in [2.05, 4.69) is 58.1 Å². The molecular formula is C31H34ClFN6O. The monoisotopic (exact) mass is 560 g/mol. The van der Waals surface area contributed by atoms with Crippen molar-refractivity contribution in [1.82, 2.24) is 25.1 Å². The van der Waals surface area contributed by atoms with Gasteiger partial charge in [-0.3, -0.25) is 10.00 Å². The molecule has 0 bridgehead atoms. The molecule has 9 heteroatoms. The van der Waals surface area contributed by atoms with Gasteiger partial charge in [0.1, 0.15) is 18.6 Å². The van der Waals surface area contributed by atoms with Gasteiger partial charge in [0.2, 0.25) is 0 Å². The van der Waals surface area contributed by atoms with Crippen molar-refractivity contribution in [2.45, 2.75) is 57.7 Å². The highest BCUT2D eigenvalue weighted by Gasteiger charge is 2.49. The molecule has 2 aromatic heterocycles. The number of benzene rings is 2. The lowest BCUT2D eigenvalue weighted by Crippen LogP contribution is -2.43. The maximum atomic E-state index is 14.4. The molecule has 2 fully saturated rings. The molecule has 208 valence electrons. The number of nitrogens with zero attached hydrogens (tertiary/aromatic N) is 5. The van der Waals surface area contributed by atoms with Gasteiger partial charge in [-0.15, -0.1) is 0 Å². The number of nitrogens with one attached hydrogen (secondary N) is 1. The van der Waals surface area contributed by atoms with E-state index in [0.717, 1.165) is 95.2 Å². The van der Waals surface area contributed by atoms with Gasteiger partial charge in [0.05, 0.1) is 22.8 Å². The number of H-pyrrole nitrogens is 1. The zero-order valence-corrected chi connectivity index (χ0v) is 23.8. The number of anilines is 1. The van der Waals surface area contributed by atoms with Crippen LogP contribution in [0.15, 0.2) is 36.5 Å². The van der Waals surface area contributed by atoms with E-state index in [1.807, 2.05) is 12.3 Å². The van der Waals surface area contributed by atoms with Gasteiger partial charge in [-0.2, -0.15) is 15.1 Å². The number of alkyl halides is 1. The van der Waals surface area contributed by atoms with Crippen LogP contribution >= 0.6 is 11.6 Å². The summed E-state index contributed by atoms with van der Waals surface area (Å²) in [5.74, 6) is 0.835. The Morgan fingerprint density at radius 2 is 1.93 bits per heavy atom. The summed E-state index contributed by atoms with van der Waals surface area (Å²) in [6.45, 7) is 7.75. The van der Waals surface area contributed by atoms with Crippen molar-refractivity contribution >= 4 is 39.2 Å². The molecule has 0 spiro atoms. The third-order valence-corrected chi connectivity index (χ3v) is 9.42. The molecule has 3 aliphatic heterocycles. The van der Waals surface area contributed by atoms with Crippen LogP contribution in [0.3, 0.4) is 0 Å². The van der Waals surface area contributed by atoms with Crippen LogP contribution in [0.1, 0.15) is 43.2 Å². The Kier molecular flexibility index (Phi) is 6.43. The van der Waals surface area contributed by atoms with Gasteiger partial charge in [0, 0.05) is 47.4 Å². The van der Waals surface area contributed by atoms with Crippen molar-refractivity contribution in [2.24, 2.45) is 0 Å². The zero-order valence-electron chi connectivity index (χ0n) is 23.0. The van der Waals surface area contributed by atoms with E-state index in [1.165, 1.54) is 0 Å². The third kappa shape index (κ3) is 4.32. The Hall–Kier alpha value is -3.23. The first-order valence-electron chi connectivity index (χ1n) is 14.3. The molecule has 3 aliphatic rings. The Morgan fingerprint density at radius 1 is 1.10 bits per heavy atom. The number of rotatable bonds is 5. The topological polar surface area (TPSA) is 70.2 Å². The number of hydrogen-bond donors (Lipinski definition) is 1. The summed E-state index contributed by atoms with van der Waals surface area (Å²) in [5.41, 5.74) is 5.77. The average molecular weight is 561 g/mol. The molecule has 4 aromatic rings. The van der Waals surface area contributed by atoms with Crippen LogP contribution in [0.2, 0.25) is 5.02 Å². The predicted octanol–water partition coefficient (Wildman–Crippen LogP) is 6.55. The van der Waals surface area contributed by atoms with Crippen molar-refractivity contribution in [1.29, 1.82) is 0 Å². The lowest BCUT2D eigenvalue weighted by atomic mass is 9.93. The van der Waals surface area contributed by atoms with Crippen LogP contribution in [0.5, 0.6) is 6.01 Å². The largest absolute Gasteiger partial charge is 0.461 e. The van der Waals surface area contributed by atoms with Gasteiger partial charge in [-0.1, -0.05) is 23.8 Å². The molecule has 7 nitrogen and oxygen atoms in total. The van der Waals surface area contributed by atoms with Crippen molar-refractivity contribution in [3.63, 3.8) is 0 Å². The van der Waals surface area contributed by atoms with Crippen molar-refractivity contribution in [3.8, 4) is 17.1 Å². The van der Waals surface area contributed by atoms with E-state index >= 15 is 0 Å². The van der Waals surface area contributed by atoms with Gasteiger partial charge in [0.15, 0.2) is 0 Å². The van der Waals surface area contributed by atoms with Crippen molar-refractivity contribution in [2.75, 3.05) is 37.7 Å². The number of halogens is 2. The van der Waals surface area contributed by atoms with E-state index in [-0.39, 0.29) is 5.54 Å². The summed E-state index contributed by atoms with van der Waals surface area (Å²) < 4.78 is 20.8. The third-order valence-electron chi connectivity index (χ3n) is 9.11. The fraction of sp³-hybridized carbons (Fsp3) is 0.452. The highest BCUT2D eigenvalue weighted by molar-refractivity contribution is 6.35. The lowest BCUT2D eigenvalue weighted by Gasteiger charge is -2.31. The van der Waals surface area contributed by atoms with Gasteiger partial charge in [0.25, 0.3) is 0 Å². The summed E-state index contributed by atoms with van der Waals surface area (Å²) in [4.78, 5) is 14.4. The van der Waals surface area contributed by atoms with Crippen LogP contribution in [0.4, 0.5) is 10.2 Å². The highest BCUT2D eigenvalue weighted by atomic mass is 35.5. The molecule has 0 saturated carbocycles. The van der Waals surface area contributed by atoms with Gasteiger partial charge in [-0.25, -0.2) is 4.39 Å². The number of ether oxygens (including phenoxy) is 1. The first kappa shape index (κ1) is 25.7. The van der Waals surface area contributed by atoms with E-state index < -0.39 is 6.17 Å². The summed E-state index contributed by atoms with van der Waals surface area (Å²) >= 11 is 7.04. The van der Waals surface area contributed by atoms with E-state index in [4.69, 9.17) is 26.3 Å². The number of aromatic nitrogens is 4.